The van der Waals surface area contributed by atoms with Gasteiger partial charge in [-0.25, -0.2) is 0 Å². The highest BCUT2D eigenvalue weighted by atomic mass is 127. The number of anilines is 1. The van der Waals surface area contributed by atoms with Crippen molar-refractivity contribution >= 4 is 52.9 Å². The first-order chi connectivity index (χ1) is 12.2. The number of hydrogen-bond donors (Lipinski definition) is 1. The number of carbonyl (C=O) groups is 1. The molecule has 0 radical (unpaired) electrons. The predicted octanol–water partition coefficient (Wildman–Crippen LogP) is 1.96. The number of aromatic nitrogens is 2. The van der Waals surface area contributed by atoms with Crippen molar-refractivity contribution in [1.29, 1.82) is 0 Å². The maximum absolute atomic E-state index is 12.5. The predicted molar refractivity (Wildman–Crippen MR) is 117 cm³/mol. The molecular weight excluding hydrogens is 463 g/mol. The van der Waals surface area contributed by atoms with Gasteiger partial charge in [0, 0.05) is 50.7 Å². The molecule has 1 aliphatic rings. The van der Waals surface area contributed by atoms with Gasteiger partial charge >= 0.3 is 0 Å². The van der Waals surface area contributed by atoms with Gasteiger partial charge in [0.2, 0.25) is 5.91 Å². The van der Waals surface area contributed by atoms with Crippen molar-refractivity contribution < 1.29 is 4.79 Å². The molecule has 1 fully saturated rings. The fourth-order valence-corrected chi connectivity index (χ4v) is 3.53. The third-order valence-electron chi connectivity index (χ3n) is 4.06. The highest BCUT2D eigenvalue weighted by Crippen LogP contribution is 2.16. The maximum Gasteiger partial charge on any atom is 0.246 e. The van der Waals surface area contributed by atoms with E-state index in [0.29, 0.717) is 13.1 Å². The van der Waals surface area contributed by atoms with Crippen molar-refractivity contribution in [1.82, 2.24) is 20.0 Å². The fraction of sp³-hybridized carbons (Fsp3) is 0.471. The molecule has 3 rings (SSSR count). The number of rotatable bonds is 5. The number of thiophene rings is 1. The van der Waals surface area contributed by atoms with E-state index in [1.54, 1.807) is 27.1 Å². The zero-order valence-electron chi connectivity index (χ0n) is 15.1. The van der Waals surface area contributed by atoms with E-state index >= 15 is 0 Å². The van der Waals surface area contributed by atoms with Gasteiger partial charge in [0.05, 0.1) is 11.9 Å². The summed E-state index contributed by atoms with van der Waals surface area (Å²) in [6.45, 7) is 5.28. The Morgan fingerprint density at radius 2 is 2.27 bits per heavy atom. The third kappa shape index (κ3) is 5.19. The standard InChI is InChI=1S/C17H24N6OS.HI/c1-3-18-17(19-7-6-15-5-4-10-25-15)22-8-9-23(16(24)13-22)14-11-20-21(2)12-14;/h4-5,10-12H,3,6-9,13H2,1-2H3,(H,18,19);1H. The summed E-state index contributed by atoms with van der Waals surface area (Å²) in [5, 5.41) is 9.54. The molecule has 0 saturated carbocycles. The van der Waals surface area contributed by atoms with Crippen molar-refractivity contribution in [2.45, 2.75) is 13.3 Å². The second-order valence-electron chi connectivity index (χ2n) is 5.90. The van der Waals surface area contributed by atoms with E-state index in [-0.39, 0.29) is 29.9 Å². The Labute approximate surface area is 175 Å². The number of amides is 1. The number of carbonyl (C=O) groups excluding carboxylic acids is 1. The van der Waals surface area contributed by atoms with Crippen LogP contribution in [0.1, 0.15) is 11.8 Å². The van der Waals surface area contributed by atoms with Crippen LogP contribution in [-0.4, -0.2) is 59.3 Å². The Balaban J connectivity index is 0.00000243. The van der Waals surface area contributed by atoms with Gasteiger partial charge < -0.3 is 15.1 Å². The van der Waals surface area contributed by atoms with Crippen LogP contribution in [0.3, 0.4) is 0 Å². The topological polar surface area (TPSA) is 65.8 Å². The van der Waals surface area contributed by atoms with E-state index in [4.69, 9.17) is 4.99 Å². The van der Waals surface area contributed by atoms with Crippen LogP contribution < -0.4 is 10.2 Å². The van der Waals surface area contributed by atoms with Gasteiger partial charge in [-0.05, 0) is 18.4 Å². The van der Waals surface area contributed by atoms with Gasteiger partial charge in [-0.15, -0.1) is 35.3 Å². The Morgan fingerprint density at radius 3 is 2.88 bits per heavy atom. The second kappa shape index (κ2) is 9.91. The summed E-state index contributed by atoms with van der Waals surface area (Å²) in [6, 6.07) is 4.19. The molecular formula is C17H25IN6OS. The molecule has 0 unspecified atom stereocenters. The van der Waals surface area contributed by atoms with Crippen LogP contribution in [0.2, 0.25) is 0 Å². The molecule has 0 spiro atoms. The lowest BCUT2D eigenvalue weighted by Crippen LogP contribution is -2.55. The molecule has 0 aromatic carbocycles. The summed E-state index contributed by atoms with van der Waals surface area (Å²) in [6.07, 6.45) is 4.53. The molecule has 1 amide bonds. The van der Waals surface area contributed by atoms with Crippen LogP contribution in [0, 0.1) is 0 Å². The minimum absolute atomic E-state index is 0. The minimum Gasteiger partial charge on any atom is -0.357 e. The Kier molecular flexibility index (Phi) is 7.88. The fourth-order valence-electron chi connectivity index (χ4n) is 2.83. The van der Waals surface area contributed by atoms with Crippen molar-refractivity contribution in [2.24, 2.45) is 12.0 Å². The largest absolute Gasteiger partial charge is 0.357 e. The Bertz CT molecular complexity index is 729. The van der Waals surface area contributed by atoms with Crippen molar-refractivity contribution in [3.63, 3.8) is 0 Å². The monoisotopic (exact) mass is 488 g/mol. The molecule has 2 aromatic rings. The summed E-state index contributed by atoms with van der Waals surface area (Å²) < 4.78 is 1.71. The second-order valence-corrected chi connectivity index (χ2v) is 6.94. The van der Waals surface area contributed by atoms with Crippen LogP contribution >= 0.6 is 35.3 Å². The SMILES string of the molecule is CCNC(=NCCc1cccs1)N1CCN(c2cnn(C)c2)C(=O)C1.I. The Morgan fingerprint density at radius 1 is 1.42 bits per heavy atom. The number of halogens is 1. The average Bonchev–Trinajstić information content (AvgIpc) is 3.26. The van der Waals surface area contributed by atoms with E-state index < -0.39 is 0 Å². The lowest BCUT2D eigenvalue weighted by atomic mass is 10.3. The van der Waals surface area contributed by atoms with Gasteiger partial charge in [0.25, 0.3) is 0 Å². The zero-order valence-corrected chi connectivity index (χ0v) is 18.2. The molecule has 0 aliphatic carbocycles. The summed E-state index contributed by atoms with van der Waals surface area (Å²) in [5.74, 6) is 0.890. The van der Waals surface area contributed by atoms with Crippen LogP contribution in [0.5, 0.6) is 0 Å². The van der Waals surface area contributed by atoms with Gasteiger partial charge in [0.1, 0.15) is 6.54 Å². The number of aliphatic imine (C=N–C) groups is 1. The first kappa shape index (κ1) is 20.7. The average molecular weight is 488 g/mol. The van der Waals surface area contributed by atoms with Crippen LogP contribution in [-0.2, 0) is 18.3 Å². The molecule has 142 valence electrons. The van der Waals surface area contributed by atoms with E-state index in [0.717, 1.165) is 37.7 Å². The van der Waals surface area contributed by atoms with E-state index in [1.165, 1.54) is 4.88 Å². The molecule has 1 aliphatic heterocycles. The highest BCUT2D eigenvalue weighted by Gasteiger charge is 2.27. The number of guanidine groups is 1. The van der Waals surface area contributed by atoms with Crippen LogP contribution in [0.15, 0.2) is 34.9 Å². The normalized spacial score (nSPS) is 15.2. The molecule has 1 N–H and O–H groups in total. The molecule has 7 nitrogen and oxygen atoms in total. The first-order valence-electron chi connectivity index (χ1n) is 8.52. The highest BCUT2D eigenvalue weighted by molar-refractivity contribution is 14.0. The molecule has 0 atom stereocenters. The van der Waals surface area contributed by atoms with E-state index in [9.17, 15) is 4.79 Å². The maximum atomic E-state index is 12.5. The van der Waals surface area contributed by atoms with Crippen LogP contribution in [0.4, 0.5) is 5.69 Å². The summed E-state index contributed by atoms with van der Waals surface area (Å²) in [7, 11) is 1.85. The number of aryl methyl sites for hydroxylation is 1. The third-order valence-corrected chi connectivity index (χ3v) is 4.99. The molecule has 2 aromatic heterocycles. The quantitative estimate of drug-likeness (QED) is 0.397. The molecule has 1 saturated heterocycles. The number of nitrogens with one attached hydrogen (secondary N) is 1. The van der Waals surface area contributed by atoms with Crippen LogP contribution in [0.25, 0.3) is 0 Å². The van der Waals surface area contributed by atoms with E-state index in [2.05, 4.69) is 27.9 Å². The number of nitrogens with zero attached hydrogens (tertiary/aromatic N) is 5. The summed E-state index contributed by atoms with van der Waals surface area (Å²) in [5.41, 5.74) is 0.854. The van der Waals surface area contributed by atoms with Gasteiger partial charge in [-0.1, -0.05) is 6.07 Å². The Hall–Kier alpha value is -1.62. The molecule has 0 bridgehead atoms. The molecule has 3 heterocycles. The van der Waals surface area contributed by atoms with Crippen molar-refractivity contribution in [3.05, 3.63) is 34.8 Å². The molecule has 9 heteroatoms. The van der Waals surface area contributed by atoms with Crippen molar-refractivity contribution in [3.8, 4) is 0 Å². The van der Waals surface area contributed by atoms with Gasteiger partial charge in [0.15, 0.2) is 5.96 Å². The summed E-state index contributed by atoms with van der Waals surface area (Å²) >= 11 is 1.75. The van der Waals surface area contributed by atoms with Gasteiger partial charge in [-0.2, -0.15) is 5.10 Å². The zero-order chi connectivity index (χ0) is 17.6. The number of hydrogen-bond acceptors (Lipinski definition) is 4. The number of piperazine rings is 1. The molecule has 26 heavy (non-hydrogen) atoms. The first-order valence-corrected chi connectivity index (χ1v) is 9.40. The van der Waals surface area contributed by atoms with Gasteiger partial charge in [-0.3, -0.25) is 14.5 Å². The van der Waals surface area contributed by atoms with Crippen molar-refractivity contribution in [2.75, 3.05) is 37.6 Å². The lowest BCUT2D eigenvalue weighted by Gasteiger charge is -2.35. The smallest absolute Gasteiger partial charge is 0.246 e. The minimum atomic E-state index is 0. The van der Waals surface area contributed by atoms with E-state index in [1.807, 2.05) is 25.1 Å². The summed E-state index contributed by atoms with van der Waals surface area (Å²) in [4.78, 5) is 22.4. The lowest BCUT2D eigenvalue weighted by molar-refractivity contribution is -0.120.